The maximum atomic E-state index is 12.3. The Morgan fingerprint density at radius 1 is 1.28 bits per heavy atom. The molecule has 6 nitrogen and oxygen atoms in total. The molecule has 0 saturated carbocycles. The average molecular weight is 339 g/mol. The summed E-state index contributed by atoms with van der Waals surface area (Å²) in [6.45, 7) is 4.71. The monoisotopic (exact) mass is 339 g/mol. The molecular weight excluding hydrogens is 318 g/mol. The highest BCUT2D eigenvalue weighted by atomic mass is 16.5. The summed E-state index contributed by atoms with van der Waals surface area (Å²) in [5.74, 6) is 1.89. The van der Waals surface area contributed by atoms with Crippen LogP contribution in [0.2, 0.25) is 0 Å². The number of morpholine rings is 1. The van der Waals surface area contributed by atoms with Crippen LogP contribution >= 0.6 is 0 Å². The molecule has 1 atom stereocenters. The van der Waals surface area contributed by atoms with Gasteiger partial charge in [-0.15, -0.1) is 0 Å². The lowest BCUT2D eigenvalue weighted by Crippen LogP contribution is -2.39. The number of furan rings is 1. The molecule has 0 spiro atoms. The molecule has 0 aliphatic carbocycles. The lowest BCUT2D eigenvalue weighted by Gasteiger charge is -2.34. The van der Waals surface area contributed by atoms with E-state index in [1.54, 1.807) is 16.7 Å². The molecular formula is C19H21N3O3. The van der Waals surface area contributed by atoms with E-state index in [2.05, 4.69) is 16.8 Å². The Bertz CT molecular complexity index is 931. The van der Waals surface area contributed by atoms with E-state index in [0.717, 1.165) is 30.2 Å². The van der Waals surface area contributed by atoms with Crippen molar-refractivity contribution >= 4 is 5.65 Å². The van der Waals surface area contributed by atoms with E-state index >= 15 is 0 Å². The van der Waals surface area contributed by atoms with Gasteiger partial charge in [-0.3, -0.25) is 14.1 Å². The van der Waals surface area contributed by atoms with Gasteiger partial charge in [-0.05, 0) is 24.3 Å². The molecule has 1 saturated heterocycles. The van der Waals surface area contributed by atoms with E-state index in [1.807, 2.05) is 30.3 Å². The van der Waals surface area contributed by atoms with Gasteiger partial charge in [0.1, 0.15) is 17.2 Å². The second-order valence-electron chi connectivity index (χ2n) is 6.23. The third kappa shape index (κ3) is 3.23. The van der Waals surface area contributed by atoms with Crippen LogP contribution in [0.5, 0.6) is 0 Å². The van der Waals surface area contributed by atoms with Crippen LogP contribution in [0.4, 0.5) is 0 Å². The summed E-state index contributed by atoms with van der Waals surface area (Å²) in [7, 11) is 0. The molecule has 4 heterocycles. The average Bonchev–Trinajstić information content (AvgIpc) is 3.11. The fraction of sp³-hybridized carbons (Fsp3) is 0.368. The van der Waals surface area contributed by atoms with Crippen LogP contribution in [0.15, 0.2) is 51.8 Å². The van der Waals surface area contributed by atoms with Gasteiger partial charge in [-0.1, -0.05) is 13.0 Å². The van der Waals surface area contributed by atoms with Gasteiger partial charge >= 0.3 is 0 Å². The van der Waals surface area contributed by atoms with Crippen molar-refractivity contribution in [1.29, 1.82) is 0 Å². The molecule has 1 fully saturated rings. The third-order valence-corrected chi connectivity index (χ3v) is 4.59. The molecule has 4 rings (SSSR count). The van der Waals surface area contributed by atoms with Crippen LogP contribution in [0, 0.1) is 0 Å². The maximum Gasteiger partial charge on any atom is 0.258 e. The van der Waals surface area contributed by atoms with Crippen molar-refractivity contribution in [1.82, 2.24) is 14.3 Å². The molecule has 3 aromatic heterocycles. The number of hydrogen-bond donors (Lipinski definition) is 0. The van der Waals surface area contributed by atoms with Gasteiger partial charge in [0.05, 0.1) is 24.9 Å². The second-order valence-corrected chi connectivity index (χ2v) is 6.23. The Labute approximate surface area is 145 Å². The highest BCUT2D eigenvalue weighted by molar-refractivity contribution is 5.38. The normalized spacial score (nSPS) is 18.7. The molecule has 0 N–H and O–H groups in total. The zero-order chi connectivity index (χ0) is 17.2. The summed E-state index contributed by atoms with van der Waals surface area (Å²) in [5, 5.41) is 0. The van der Waals surface area contributed by atoms with E-state index in [4.69, 9.17) is 9.15 Å². The Hall–Kier alpha value is -2.44. The molecule has 0 amide bonds. The summed E-state index contributed by atoms with van der Waals surface area (Å²) < 4.78 is 13.1. The molecule has 0 bridgehead atoms. The van der Waals surface area contributed by atoms with Crippen molar-refractivity contribution in [3.8, 4) is 0 Å². The van der Waals surface area contributed by atoms with Crippen molar-refractivity contribution in [3.63, 3.8) is 0 Å². The van der Waals surface area contributed by atoms with Crippen LogP contribution in [-0.2, 0) is 17.7 Å². The molecule has 6 heteroatoms. The van der Waals surface area contributed by atoms with Crippen molar-refractivity contribution < 1.29 is 9.15 Å². The Balaban J connectivity index is 1.62. The van der Waals surface area contributed by atoms with Crippen molar-refractivity contribution in [2.75, 3.05) is 19.8 Å². The smallest absolute Gasteiger partial charge is 0.258 e. The first-order valence-corrected chi connectivity index (χ1v) is 8.62. The van der Waals surface area contributed by atoms with Crippen LogP contribution in [0.1, 0.15) is 30.2 Å². The molecule has 0 unspecified atom stereocenters. The van der Waals surface area contributed by atoms with Gasteiger partial charge in [0.25, 0.3) is 5.56 Å². The number of rotatable bonds is 4. The van der Waals surface area contributed by atoms with Gasteiger partial charge in [-0.25, -0.2) is 4.98 Å². The minimum Gasteiger partial charge on any atom is -0.464 e. The quantitative estimate of drug-likeness (QED) is 0.731. The number of hydrogen-bond acceptors (Lipinski definition) is 5. The summed E-state index contributed by atoms with van der Waals surface area (Å²) in [4.78, 5) is 19.2. The lowest BCUT2D eigenvalue weighted by molar-refractivity contribution is -0.0211. The molecule has 1 aliphatic heterocycles. The van der Waals surface area contributed by atoms with Crippen molar-refractivity contribution in [2.45, 2.75) is 25.9 Å². The first kappa shape index (κ1) is 16.1. The molecule has 0 radical (unpaired) electrons. The topological polar surface area (TPSA) is 60.0 Å². The summed E-state index contributed by atoms with van der Waals surface area (Å²) >= 11 is 0. The molecule has 3 aromatic rings. The van der Waals surface area contributed by atoms with E-state index in [9.17, 15) is 4.79 Å². The van der Waals surface area contributed by atoms with Gasteiger partial charge in [0.15, 0.2) is 0 Å². The number of pyridine rings is 1. The molecule has 0 aromatic carbocycles. The van der Waals surface area contributed by atoms with Crippen LogP contribution < -0.4 is 5.56 Å². The fourth-order valence-corrected chi connectivity index (χ4v) is 3.25. The zero-order valence-electron chi connectivity index (χ0n) is 14.2. The Morgan fingerprint density at radius 2 is 2.20 bits per heavy atom. The first-order valence-electron chi connectivity index (χ1n) is 8.62. The summed E-state index contributed by atoms with van der Waals surface area (Å²) in [5.41, 5.74) is 1.38. The number of aryl methyl sites for hydroxylation is 1. The number of aromatic nitrogens is 2. The third-order valence-electron chi connectivity index (χ3n) is 4.59. The van der Waals surface area contributed by atoms with E-state index in [1.165, 1.54) is 0 Å². The SMILES string of the molecule is CCc1ccc([C@@H]2COCCN2Cc2cc(=O)n3ccccc3n2)o1. The van der Waals surface area contributed by atoms with Crippen LogP contribution in [0.3, 0.4) is 0 Å². The van der Waals surface area contributed by atoms with Gasteiger partial charge < -0.3 is 9.15 Å². The predicted octanol–water partition coefficient (Wildman–Crippen LogP) is 2.42. The van der Waals surface area contributed by atoms with E-state index < -0.39 is 0 Å². The number of ether oxygens (including phenoxy) is 1. The Morgan fingerprint density at radius 3 is 3.04 bits per heavy atom. The number of fused-ring (bicyclic) bond motifs is 1. The number of nitrogens with zero attached hydrogens (tertiary/aromatic N) is 3. The summed E-state index contributed by atoms with van der Waals surface area (Å²) in [6, 6.07) is 11.3. The Kier molecular flexibility index (Phi) is 4.38. The van der Waals surface area contributed by atoms with Crippen molar-refractivity contribution in [3.05, 3.63) is 70.2 Å². The van der Waals surface area contributed by atoms with Crippen LogP contribution in [-0.4, -0.2) is 34.0 Å². The predicted molar refractivity (Wildman–Crippen MR) is 93.5 cm³/mol. The van der Waals surface area contributed by atoms with E-state index in [-0.39, 0.29) is 11.6 Å². The fourth-order valence-electron chi connectivity index (χ4n) is 3.25. The minimum absolute atomic E-state index is 0.0464. The second kappa shape index (κ2) is 6.82. The van der Waals surface area contributed by atoms with Crippen molar-refractivity contribution in [2.24, 2.45) is 0 Å². The highest BCUT2D eigenvalue weighted by Gasteiger charge is 2.27. The lowest BCUT2D eigenvalue weighted by atomic mass is 10.1. The maximum absolute atomic E-state index is 12.3. The zero-order valence-corrected chi connectivity index (χ0v) is 14.2. The first-order chi connectivity index (χ1) is 12.2. The minimum atomic E-state index is -0.0586. The standard InChI is InChI=1S/C19H21N3O3/c1-2-15-6-7-17(25-15)16-13-24-10-9-21(16)12-14-11-19(23)22-8-4-3-5-18(22)20-14/h3-8,11,16H,2,9-10,12-13H2,1H3/t16-/m0/s1. The highest BCUT2D eigenvalue weighted by Crippen LogP contribution is 2.27. The van der Waals surface area contributed by atoms with Crippen LogP contribution in [0.25, 0.3) is 5.65 Å². The van der Waals surface area contributed by atoms with E-state index in [0.29, 0.717) is 25.4 Å². The molecule has 1 aliphatic rings. The molecule has 130 valence electrons. The van der Waals surface area contributed by atoms with Gasteiger partial charge in [0, 0.05) is 31.8 Å². The molecule has 25 heavy (non-hydrogen) atoms. The van der Waals surface area contributed by atoms with Gasteiger partial charge in [0.2, 0.25) is 0 Å². The van der Waals surface area contributed by atoms with Gasteiger partial charge in [-0.2, -0.15) is 0 Å². The summed E-state index contributed by atoms with van der Waals surface area (Å²) in [6.07, 6.45) is 2.61. The largest absolute Gasteiger partial charge is 0.464 e.